The van der Waals surface area contributed by atoms with E-state index in [-0.39, 0.29) is 23.1 Å². The molecule has 3 aromatic rings. The summed E-state index contributed by atoms with van der Waals surface area (Å²) in [5.41, 5.74) is -0.750. The first-order chi connectivity index (χ1) is 28.9. The maximum atomic E-state index is 11.8. The second-order valence-electron chi connectivity index (χ2n) is 19.3. The van der Waals surface area contributed by atoms with Crippen molar-refractivity contribution in [3.63, 3.8) is 0 Å². The molecule has 6 nitrogen and oxygen atoms in total. The van der Waals surface area contributed by atoms with Crippen LogP contribution in [0.2, 0.25) is 0 Å². The predicted octanol–water partition coefficient (Wildman–Crippen LogP) is 16.4. The Morgan fingerprint density at radius 3 is 0.800 bits per heavy atom. The highest BCUT2D eigenvalue weighted by Crippen LogP contribution is 2.43. The molecule has 0 heterocycles. The van der Waals surface area contributed by atoms with E-state index in [1.165, 1.54) is 128 Å². The minimum atomic E-state index is -0.375. The van der Waals surface area contributed by atoms with Crippen molar-refractivity contribution < 1.29 is 28.5 Å². The van der Waals surface area contributed by atoms with Crippen LogP contribution in [-0.4, -0.2) is 36.4 Å². The molecular formula is C54H86O6. The highest BCUT2D eigenvalue weighted by Gasteiger charge is 2.18. The Morgan fingerprint density at radius 1 is 0.350 bits per heavy atom. The minimum Gasteiger partial charge on any atom is -0.492 e. The van der Waals surface area contributed by atoms with Crippen LogP contribution in [0.3, 0.4) is 0 Å². The molecule has 0 aliphatic heterocycles. The van der Waals surface area contributed by atoms with Crippen LogP contribution < -0.4 is 9.47 Å². The molecule has 0 unspecified atom stereocenters. The summed E-state index contributed by atoms with van der Waals surface area (Å²) in [7, 11) is 0. The van der Waals surface area contributed by atoms with Gasteiger partial charge in [-0.15, -0.1) is 0 Å². The lowest BCUT2D eigenvalue weighted by molar-refractivity contribution is -0.156. The molecule has 0 aromatic heterocycles. The van der Waals surface area contributed by atoms with Gasteiger partial charge in [0.15, 0.2) is 0 Å². The normalized spacial score (nSPS) is 12.0. The molecule has 0 fully saturated rings. The zero-order chi connectivity index (χ0) is 43.3. The molecular weight excluding hydrogens is 745 g/mol. The lowest BCUT2D eigenvalue weighted by Crippen LogP contribution is -2.23. The second kappa shape index (κ2) is 29.9. The van der Waals surface area contributed by atoms with E-state index in [1.807, 2.05) is 41.5 Å². The molecule has 3 aromatic carbocycles. The summed E-state index contributed by atoms with van der Waals surface area (Å²) in [5, 5.41) is 4.57. The van der Waals surface area contributed by atoms with E-state index in [2.05, 4.69) is 48.5 Å². The third-order valence-corrected chi connectivity index (χ3v) is 11.2. The van der Waals surface area contributed by atoms with Crippen molar-refractivity contribution in [1.29, 1.82) is 0 Å². The molecule has 3 rings (SSSR count). The average Bonchev–Trinajstić information content (AvgIpc) is 3.19. The SMILES string of the molecule is CC(C)(C)OC(=O)CCCCCCCCCCCCCCCOc1c2ccccc2c(OCCCCCCCCCCCCCCCC(=O)OC(C)(C)C)c2ccccc12. The van der Waals surface area contributed by atoms with Gasteiger partial charge in [-0.05, 0) is 67.2 Å². The third kappa shape index (κ3) is 23.1. The van der Waals surface area contributed by atoms with Gasteiger partial charge in [-0.1, -0.05) is 190 Å². The van der Waals surface area contributed by atoms with E-state index in [9.17, 15) is 9.59 Å². The lowest BCUT2D eigenvalue weighted by atomic mass is 10.0. The summed E-state index contributed by atoms with van der Waals surface area (Å²) in [5.74, 6) is 1.86. The number of carbonyl (C=O) groups is 2. The van der Waals surface area contributed by atoms with Gasteiger partial charge >= 0.3 is 11.9 Å². The summed E-state index contributed by atoms with van der Waals surface area (Å²) < 4.78 is 24.0. The zero-order valence-electron chi connectivity index (χ0n) is 39.3. The predicted molar refractivity (Wildman–Crippen MR) is 253 cm³/mol. The number of esters is 2. The van der Waals surface area contributed by atoms with Crippen molar-refractivity contribution >= 4 is 33.5 Å². The van der Waals surface area contributed by atoms with Crippen molar-refractivity contribution in [3.05, 3.63) is 48.5 Å². The number of carbonyl (C=O) groups excluding carboxylic acids is 2. The van der Waals surface area contributed by atoms with Gasteiger partial charge in [-0.25, -0.2) is 0 Å². The van der Waals surface area contributed by atoms with Gasteiger partial charge in [-0.3, -0.25) is 9.59 Å². The Kier molecular flexibility index (Phi) is 25.4. The van der Waals surface area contributed by atoms with Crippen molar-refractivity contribution in [2.24, 2.45) is 0 Å². The minimum absolute atomic E-state index is 0.0621. The number of benzene rings is 3. The van der Waals surface area contributed by atoms with E-state index < -0.39 is 0 Å². The van der Waals surface area contributed by atoms with Crippen molar-refractivity contribution in [2.45, 2.75) is 233 Å². The molecule has 0 amide bonds. The third-order valence-electron chi connectivity index (χ3n) is 11.2. The molecule has 0 saturated heterocycles. The fourth-order valence-corrected chi connectivity index (χ4v) is 8.12. The van der Waals surface area contributed by atoms with Crippen LogP contribution in [0, 0.1) is 0 Å². The molecule has 0 aliphatic rings. The fourth-order valence-electron chi connectivity index (χ4n) is 8.12. The zero-order valence-corrected chi connectivity index (χ0v) is 39.3. The summed E-state index contributed by atoms with van der Waals surface area (Å²) in [6, 6.07) is 17.2. The number of rotatable bonds is 34. The van der Waals surface area contributed by atoms with Crippen LogP contribution in [0.4, 0.5) is 0 Å². The van der Waals surface area contributed by atoms with E-state index in [1.54, 1.807) is 0 Å². The van der Waals surface area contributed by atoms with Crippen molar-refractivity contribution in [3.8, 4) is 11.5 Å². The highest BCUT2D eigenvalue weighted by atomic mass is 16.6. The second-order valence-corrected chi connectivity index (χ2v) is 19.3. The van der Waals surface area contributed by atoms with Crippen molar-refractivity contribution in [1.82, 2.24) is 0 Å². The number of ether oxygens (including phenoxy) is 4. The van der Waals surface area contributed by atoms with Crippen LogP contribution in [0.25, 0.3) is 21.5 Å². The first-order valence-corrected chi connectivity index (χ1v) is 24.6. The van der Waals surface area contributed by atoms with Crippen LogP contribution in [0.15, 0.2) is 48.5 Å². The van der Waals surface area contributed by atoms with Crippen LogP contribution >= 0.6 is 0 Å². The van der Waals surface area contributed by atoms with E-state index in [4.69, 9.17) is 18.9 Å². The smallest absolute Gasteiger partial charge is 0.306 e. The Morgan fingerprint density at radius 2 is 0.567 bits per heavy atom. The molecule has 0 N–H and O–H groups in total. The largest absolute Gasteiger partial charge is 0.492 e. The first-order valence-electron chi connectivity index (χ1n) is 24.6. The summed E-state index contributed by atoms with van der Waals surface area (Å²) in [6.45, 7) is 13.1. The molecule has 0 aliphatic carbocycles. The van der Waals surface area contributed by atoms with E-state index >= 15 is 0 Å². The topological polar surface area (TPSA) is 71.1 Å². The molecule has 60 heavy (non-hydrogen) atoms. The highest BCUT2D eigenvalue weighted by molar-refractivity contribution is 6.11. The van der Waals surface area contributed by atoms with Gasteiger partial charge in [0.1, 0.15) is 22.7 Å². The van der Waals surface area contributed by atoms with Gasteiger partial charge in [0.25, 0.3) is 0 Å². The Balaban J connectivity index is 1.22. The Labute approximate surface area is 366 Å². The molecule has 338 valence electrons. The first kappa shape index (κ1) is 51.1. The molecule has 0 bridgehead atoms. The molecule has 0 saturated carbocycles. The Hall–Kier alpha value is -3.28. The summed E-state index contributed by atoms with van der Waals surface area (Å²) in [4.78, 5) is 23.7. The molecule has 0 spiro atoms. The van der Waals surface area contributed by atoms with Gasteiger partial charge in [0, 0.05) is 34.4 Å². The van der Waals surface area contributed by atoms with Crippen LogP contribution in [0.1, 0.15) is 221 Å². The van der Waals surface area contributed by atoms with Gasteiger partial charge in [0.2, 0.25) is 0 Å². The maximum absolute atomic E-state index is 11.8. The number of hydrogen-bond donors (Lipinski definition) is 0. The average molecular weight is 831 g/mol. The van der Waals surface area contributed by atoms with Gasteiger partial charge in [-0.2, -0.15) is 0 Å². The van der Waals surface area contributed by atoms with Crippen LogP contribution in [-0.2, 0) is 19.1 Å². The molecule has 0 atom stereocenters. The van der Waals surface area contributed by atoms with E-state index in [0.717, 1.165) is 84.8 Å². The molecule has 6 heteroatoms. The number of unbranched alkanes of at least 4 members (excludes halogenated alkanes) is 24. The van der Waals surface area contributed by atoms with Gasteiger partial charge in [0.05, 0.1) is 13.2 Å². The standard InChI is InChI=1S/C54H86O6/c1-53(2,3)59-49(55)41-29-25-21-17-13-9-7-11-15-19-23-27-35-43-57-51-45-37-31-33-39-47(45)52(48-40-34-32-38-46(48)51)58-44-36-28-24-20-16-12-8-10-14-18-22-26-30-42-50(56)60-54(4,5)6/h31-34,37-40H,7-30,35-36,41-44H2,1-6H3. The number of hydrogen-bond acceptors (Lipinski definition) is 6. The maximum Gasteiger partial charge on any atom is 0.306 e. The van der Waals surface area contributed by atoms with Crippen molar-refractivity contribution in [2.75, 3.05) is 13.2 Å². The lowest BCUT2D eigenvalue weighted by Gasteiger charge is -2.19. The van der Waals surface area contributed by atoms with Gasteiger partial charge < -0.3 is 18.9 Å². The van der Waals surface area contributed by atoms with Crippen LogP contribution in [0.5, 0.6) is 11.5 Å². The number of fused-ring (bicyclic) bond motifs is 2. The Bertz CT molecular complexity index is 1420. The van der Waals surface area contributed by atoms with E-state index in [0.29, 0.717) is 12.8 Å². The monoisotopic (exact) mass is 831 g/mol. The fraction of sp³-hybridized carbons (Fsp3) is 0.704. The quantitative estimate of drug-likeness (QED) is 0.0339. The summed E-state index contributed by atoms with van der Waals surface area (Å²) in [6.07, 6.45) is 33.3. The molecule has 0 radical (unpaired) electrons. The summed E-state index contributed by atoms with van der Waals surface area (Å²) >= 11 is 0.